The summed E-state index contributed by atoms with van der Waals surface area (Å²) in [5.74, 6) is 0. The lowest BCUT2D eigenvalue weighted by molar-refractivity contribution is 0.280. The van der Waals surface area contributed by atoms with Crippen LogP contribution in [0.3, 0.4) is 0 Å². The first-order chi connectivity index (χ1) is 5.79. The second kappa shape index (κ2) is 5.97. The highest BCUT2D eigenvalue weighted by Gasteiger charge is 2.06. The number of aliphatic hydroxyl groups excluding tert-OH is 1. The van der Waals surface area contributed by atoms with E-state index in [1.54, 1.807) is 0 Å². The highest BCUT2D eigenvalue weighted by Crippen LogP contribution is 2.18. The van der Waals surface area contributed by atoms with E-state index in [2.05, 4.69) is 0 Å². The molecule has 13 heavy (non-hydrogen) atoms. The molecule has 3 N–H and O–H groups in total. The molecule has 1 aromatic carbocycles. The predicted octanol–water partition coefficient (Wildman–Crippen LogP) is 2.01. The number of aliphatic hydroxyl groups is 1. The Balaban J connectivity index is 0.00000144. The highest BCUT2D eigenvalue weighted by atomic mass is 35.5. The molecule has 0 heterocycles. The first kappa shape index (κ1) is 12.4. The molecule has 0 fully saturated rings. The third-order valence-electron chi connectivity index (χ3n) is 2.06. The molecule has 0 aliphatic carbocycles. The van der Waals surface area contributed by atoms with E-state index in [-0.39, 0.29) is 25.1 Å². The predicted molar refractivity (Wildman–Crippen MR) is 56.8 cm³/mol. The Labute approximate surface area is 85.2 Å². The zero-order valence-electron chi connectivity index (χ0n) is 7.73. The van der Waals surface area contributed by atoms with Gasteiger partial charge < -0.3 is 10.8 Å². The Hall–Kier alpha value is -0.570. The van der Waals surface area contributed by atoms with Gasteiger partial charge in [0.15, 0.2) is 0 Å². The molecule has 0 saturated heterocycles. The van der Waals surface area contributed by atoms with Gasteiger partial charge in [-0.05, 0) is 17.5 Å². The number of rotatable bonds is 3. The fourth-order valence-corrected chi connectivity index (χ4v) is 1.26. The number of hydrogen-bond donors (Lipinski definition) is 2. The molecular weight excluding hydrogens is 186 g/mol. The monoisotopic (exact) mass is 201 g/mol. The van der Waals surface area contributed by atoms with E-state index in [1.807, 2.05) is 31.2 Å². The van der Waals surface area contributed by atoms with E-state index in [1.165, 1.54) is 0 Å². The average Bonchev–Trinajstić information content (AvgIpc) is 2.16. The second-order valence-electron chi connectivity index (χ2n) is 2.87. The summed E-state index contributed by atoms with van der Waals surface area (Å²) in [6.07, 6.45) is 0.900. The van der Waals surface area contributed by atoms with Crippen LogP contribution in [-0.4, -0.2) is 5.11 Å². The Morgan fingerprint density at radius 3 is 2.54 bits per heavy atom. The van der Waals surface area contributed by atoms with Gasteiger partial charge in [0, 0.05) is 6.04 Å². The van der Waals surface area contributed by atoms with E-state index in [0.29, 0.717) is 0 Å². The van der Waals surface area contributed by atoms with Crippen molar-refractivity contribution in [3.05, 3.63) is 35.4 Å². The first-order valence-corrected chi connectivity index (χ1v) is 4.23. The van der Waals surface area contributed by atoms with Gasteiger partial charge in [-0.3, -0.25) is 0 Å². The van der Waals surface area contributed by atoms with Gasteiger partial charge in [-0.2, -0.15) is 0 Å². The Morgan fingerprint density at radius 2 is 2.00 bits per heavy atom. The first-order valence-electron chi connectivity index (χ1n) is 4.23. The third kappa shape index (κ3) is 2.99. The average molecular weight is 202 g/mol. The highest BCUT2D eigenvalue weighted by molar-refractivity contribution is 5.85. The Kier molecular flexibility index (Phi) is 5.71. The van der Waals surface area contributed by atoms with Gasteiger partial charge in [0.2, 0.25) is 0 Å². The zero-order valence-corrected chi connectivity index (χ0v) is 8.55. The third-order valence-corrected chi connectivity index (χ3v) is 2.06. The smallest absolute Gasteiger partial charge is 0.0685 e. The van der Waals surface area contributed by atoms with Gasteiger partial charge >= 0.3 is 0 Å². The van der Waals surface area contributed by atoms with E-state index in [9.17, 15) is 0 Å². The molecular formula is C10H16ClNO. The van der Waals surface area contributed by atoms with Crippen molar-refractivity contribution >= 4 is 12.4 Å². The minimum absolute atomic E-state index is 0. The molecule has 0 spiro atoms. The largest absolute Gasteiger partial charge is 0.392 e. The van der Waals surface area contributed by atoms with Crippen LogP contribution < -0.4 is 5.73 Å². The summed E-state index contributed by atoms with van der Waals surface area (Å²) in [5, 5.41) is 9.01. The van der Waals surface area contributed by atoms with Crippen molar-refractivity contribution in [2.45, 2.75) is 26.0 Å². The van der Waals surface area contributed by atoms with Crippen molar-refractivity contribution in [1.82, 2.24) is 0 Å². The lowest BCUT2D eigenvalue weighted by Gasteiger charge is -2.12. The number of hydrogen-bond acceptors (Lipinski definition) is 2. The van der Waals surface area contributed by atoms with E-state index < -0.39 is 0 Å². The quantitative estimate of drug-likeness (QED) is 0.786. The van der Waals surface area contributed by atoms with Gasteiger partial charge in [0.25, 0.3) is 0 Å². The Morgan fingerprint density at radius 1 is 1.38 bits per heavy atom. The number of nitrogens with two attached hydrogens (primary N) is 1. The van der Waals surface area contributed by atoms with Crippen LogP contribution in [-0.2, 0) is 6.61 Å². The molecule has 2 nitrogen and oxygen atoms in total. The van der Waals surface area contributed by atoms with Gasteiger partial charge in [0.1, 0.15) is 0 Å². The van der Waals surface area contributed by atoms with Crippen LogP contribution >= 0.6 is 12.4 Å². The lowest BCUT2D eigenvalue weighted by atomic mass is 10.00. The SMILES string of the molecule is CC[C@@H](N)c1ccccc1CO.Cl. The normalized spacial score (nSPS) is 11.9. The van der Waals surface area contributed by atoms with Crippen molar-refractivity contribution in [3.8, 4) is 0 Å². The summed E-state index contributed by atoms with van der Waals surface area (Å²) in [6, 6.07) is 7.79. The molecule has 1 rings (SSSR count). The summed E-state index contributed by atoms with van der Waals surface area (Å²) < 4.78 is 0. The van der Waals surface area contributed by atoms with Crippen LogP contribution in [0.1, 0.15) is 30.5 Å². The van der Waals surface area contributed by atoms with Crippen molar-refractivity contribution in [3.63, 3.8) is 0 Å². The maximum absolute atomic E-state index is 9.01. The molecule has 0 bridgehead atoms. The van der Waals surface area contributed by atoms with Crippen molar-refractivity contribution in [2.75, 3.05) is 0 Å². The molecule has 0 radical (unpaired) electrons. The number of halogens is 1. The van der Waals surface area contributed by atoms with Crippen LogP contribution in [0.25, 0.3) is 0 Å². The molecule has 0 aliphatic rings. The van der Waals surface area contributed by atoms with Gasteiger partial charge in [-0.25, -0.2) is 0 Å². The standard InChI is InChI=1S/C10H15NO.ClH/c1-2-10(11)9-6-4-3-5-8(9)7-12;/h3-6,10,12H,2,7,11H2,1H3;1H/t10-;/m1./s1. The van der Waals surface area contributed by atoms with Crippen LogP contribution in [0.4, 0.5) is 0 Å². The molecule has 74 valence electrons. The fraction of sp³-hybridized carbons (Fsp3) is 0.400. The van der Waals surface area contributed by atoms with Gasteiger partial charge in [0.05, 0.1) is 6.61 Å². The molecule has 0 amide bonds. The van der Waals surface area contributed by atoms with Crippen LogP contribution in [0, 0.1) is 0 Å². The molecule has 1 aromatic rings. The summed E-state index contributed by atoms with van der Waals surface area (Å²) >= 11 is 0. The molecule has 0 aliphatic heterocycles. The van der Waals surface area contributed by atoms with Crippen LogP contribution in [0.15, 0.2) is 24.3 Å². The second-order valence-corrected chi connectivity index (χ2v) is 2.87. The van der Waals surface area contributed by atoms with E-state index >= 15 is 0 Å². The molecule has 3 heteroatoms. The van der Waals surface area contributed by atoms with Gasteiger partial charge in [-0.1, -0.05) is 31.2 Å². The summed E-state index contributed by atoms with van der Waals surface area (Å²) in [5.41, 5.74) is 7.85. The van der Waals surface area contributed by atoms with Crippen molar-refractivity contribution in [1.29, 1.82) is 0 Å². The van der Waals surface area contributed by atoms with E-state index in [4.69, 9.17) is 10.8 Å². The minimum Gasteiger partial charge on any atom is -0.392 e. The Bertz CT molecular complexity index is 252. The number of benzene rings is 1. The lowest BCUT2D eigenvalue weighted by Crippen LogP contribution is -2.11. The van der Waals surface area contributed by atoms with Crippen LogP contribution in [0.5, 0.6) is 0 Å². The maximum atomic E-state index is 9.01. The summed E-state index contributed by atoms with van der Waals surface area (Å²) in [4.78, 5) is 0. The van der Waals surface area contributed by atoms with Crippen molar-refractivity contribution in [2.24, 2.45) is 5.73 Å². The maximum Gasteiger partial charge on any atom is 0.0685 e. The van der Waals surface area contributed by atoms with Gasteiger partial charge in [-0.15, -0.1) is 12.4 Å². The zero-order chi connectivity index (χ0) is 8.97. The summed E-state index contributed by atoms with van der Waals surface area (Å²) in [6.45, 7) is 2.11. The fourth-order valence-electron chi connectivity index (χ4n) is 1.26. The summed E-state index contributed by atoms with van der Waals surface area (Å²) in [7, 11) is 0. The molecule has 1 atom stereocenters. The molecule has 0 saturated carbocycles. The minimum atomic E-state index is 0. The molecule has 0 unspecified atom stereocenters. The topological polar surface area (TPSA) is 46.2 Å². The van der Waals surface area contributed by atoms with E-state index in [0.717, 1.165) is 17.5 Å². The van der Waals surface area contributed by atoms with Crippen LogP contribution in [0.2, 0.25) is 0 Å². The molecule has 0 aromatic heterocycles. The van der Waals surface area contributed by atoms with Crippen molar-refractivity contribution < 1.29 is 5.11 Å².